The number of nitrogens with zero attached hydrogens (tertiary/aromatic N) is 1. The van der Waals surface area contributed by atoms with Crippen molar-refractivity contribution in [1.82, 2.24) is 4.98 Å². The standard InChI is InChI=1S/C23H24N2O/c1-16-13-17(11-12-23(2,3)4)9-10-20(16)22(26)25-19-14-18-7-5-6-8-21(18)24-15-19/h5-15H,1-4H3,(H,25,26)/b12-11+. The first-order valence-electron chi connectivity index (χ1n) is 8.78. The number of allylic oxidation sites excluding steroid dienone is 1. The Morgan fingerprint density at radius 3 is 2.58 bits per heavy atom. The highest BCUT2D eigenvalue weighted by Crippen LogP contribution is 2.20. The summed E-state index contributed by atoms with van der Waals surface area (Å²) in [7, 11) is 0. The van der Waals surface area contributed by atoms with Crippen molar-refractivity contribution < 1.29 is 4.79 Å². The molecular formula is C23H24N2O. The quantitative estimate of drug-likeness (QED) is 0.647. The summed E-state index contributed by atoms with van der Waals surface area (Å²) in [5.74, 6) is -0.120. The number of hydrogen-bond acceptors (Lipinski definition) is 2. The Hall–Kier alpha value is -2.94. The monoisotopic (exact) mass is 344 g/mol. The van der Waals surface area contributed by atoms with Crippen LogP contribution in [0.15, 0.2) is 60.8 Å². The van der Waals surface area contributed by atoms with E-state index in [1.807, 2.05) is 55.5 Å². The molecule has 0 unspecified atom stereocenters. The number of hydrogen-bond donors (Lipinski definition) is 1. The molecule has 3 nitrogen and oxygen atoms in total. The van der Waals surface area contributed by atoms with Crippen LogP contribution in [0.2, 0.25) is 0 Å². The van der Waals surface area contributed by atoms with Gasteiger partial charge in [-0.2, -0.15) is 0 Å². The van der Waals surface area contributed by atoms with Crippen LogP contribution in [-0.2, 0) is 0 Å². The summed E-state index contributed by atoms with van der Waals surface area (Å²) in [4.78, 5) is 17.0. The first-order chi connectivity index (χ1) is 12.3. The first-order valence-corrected chi connectivity index (χ1v) is 8.78. The first kappa shape index (κ1) is 17.9. The Bertz CT molecular complexity index is 981. The van der Waals surface area contributed by atoms with Crippen LogP contribution in [0.5, 0.6) is 0 Å². The molecule has 1 amide bonds. The maximum atomic E-state index is 12.6. The molecule has 0 bridgehead atoms. The molecule has 26 heavy (non-hydrogen) atoms. The molecular weight excluding hydrogens is 320 g/mol. The number of pyridine rings is 1. The molecule has 0 radical (unpaired) electrons. The minimum Gasteiger partial charge on any atom is -0.321 e. The summed E-state index contributed by atoms with van der Waals surface area (Å²) in [6, 6.07) is 15.7. The van der Waals surface area contributed by atoms with E-state index in [4.69, 9.17) is 0 Å². The van der Waals surface area contributed by atoms with E-state index in [1.165, 1.54) is 0 Å². The number of anilines is 1. The van der Waals surface area contributed by atoms with Crippen LogP contribution in [0, 0.1) is 12.3 Å². The predicted molar refractivity (Wildman–Crippen MR) is 109 cm³/mol. The molecule has 1 heterocycles. The zero-order valence-electron chi connectivity index (χ0n) is 15.7. The number of para-hydroxylation sites is 1. The third-order valence-electron chi connectivity index (χ3n) is 4.12. The van der Waals surface area contributed by atoms with E-state index in [1.54, 1.807) is 6.20 Å². The third kappa shape index (κ3) is 4.37. The highest BCUT2D eigenvalue weighted by molar-refractivity contribution is 6.06. The second-order valence-electron chi connectivity index (χ2n) is 7.64. The van der Waals surface area contributed by atoms with Crippen molar-refractivity contribution in [3.8, 4) is 0 Å². The summed E-state index contributed by atoms with van der Waals surface area (Å²) in [5, 5.41) is 3.95. The van der Waals surface area contributed by atoms with Crippen LogP contribution < -0.4 is 5.32 Å². The molecule has 0 spiro atoms. The van der Waals surface area contributed by atoms with E-state index in [0.717, 1.165) is 22.0 Å². The van der Waals surface area contributed by atoms with Crippen LogP contribution in [0.25, 0.3) is 17.0 Å². The van der Waals surface area contributed by atoms with Gasteiger partial charge in [-0.1, -0.05) is 63.3 Å². The van der Waals surface area contributed by atoms with Crippen LogP contribution in [0.1, 0.15) is 42.3 Å². The zero-order chi connectivity index (χ0) is 18.7. The van der Waals surface area contributed by atoms with Gasteiger partial charge in [0.15, 0.2) is 0 Å². The lowest BCUT2D eigenvalue weighted by Gasteiger charge is -2.12. The van der Waals surface area contributed by atoms with Crippen molar-refractivity contribution >= 4 is 28.6 Å². The summed E-state index contributed by atoms with van der Waals surface area (Å²) in [6.45, 7) is 8.45. The summed E-state index contributed by atoms with van der Waals surface area (Å²) in [6.07, 6.45) is 5.96. The minimum atomic E-state index is -0.120. The van der Waals surface area contributed by atoms with Gasteiger partial charge in [-0.15, -0.1) is 0 Å². The summed E-state index contributed by atoms with van der Waals surface area (Å²) >= 11 is 0. The average Bonchev–Trinajstić information content (AvgIpc) is 2.59. The Labute approximate surface area is 154 Å². The molecule has 3 aromatic rings. The molecule has 0 atom stereocenters. The number of aryl methyl sites for hydroxylation is 1. The van der Waals surface area contributed by atoms with Gasteiger partial charge in [0.05, 0.1) is 17.4 Å². The Kier molecular flexibility index (Phi) is 4.90. The van der Waals surface area contributed by atoms with Crippen LogP contribution >= 0.6 is 0 Å². The second kappa shape index (κ2) is 7.12. The van der Waals surface area contributed by atoms with Crippen LogP contribution in [0.3, 0.4) is 0 Å². The molecule has 3 heteroatoms. The molecule has 0 saturated carbocycles. The van der Waals surface area contributed by atoms with Crippen molar-refractivity contribution in [2.75, 3.05) is 5.32 Å². The normalized spacial score (nSPS) is 11.8. The number of benzene rings is 2. The van der Waals surface area contributed by atoms with Crippen molar-refractivity contribution in [1.29, 1.82) is 0 Å². The lowest BCUT2D eigenvalue weighted by Crippen LogP contribution is -2.13. The molecule has 132 valence electrons. The van der Waals surface area contributed by atoms with Gasteiger partial charge in [-0.05, 0) is 41.7 Å². The molecule has 0 aliphatic rings. The highest BCUT2D eigenvalue weighted by Gasteiger charge is 2.11. The smallest absolute Gasteiger partial charge is 0.255 e. The number of amides is 1. The fourth-order valence-electron chi connectivity index (χ4n) is 2.73. The topological polar surface area (TPSA) is 42.0 Å². The molecule has 3 rings (SSSR count). The molecule has 0 saturated heterocycles. The van der Waals surface area contributed by atoms with E-state index < -0.39 is 0 Å². The van der Waals surface area contributed by atoms with Crippen molar-refractivity contribution in [2.45, 2.75) is 27.7 Å². The van der Waals surface area contributed by atoms with Gasteiger partial charge < -0.3 is 5.32 Å². The van der Waals surface area contributed by atoms with E-state index >= 15 is 0 Å². The lowest BCUT2D eigenvalue weighted by atomic mass is 9.94. The van der Waals surface area contributed by atoms with Gasteiger partial charge in [-0.3, -0.25) is 9.78 Å². The number of carbonyl (C=O) groups is 1. The summed E-state index contributed by atoms with van der Waals surface area (Å²) in [5.41, 5.74) is 4.47. The molecule has 1 N–H and O–H groups in total. The van der Waals surface area contributed by atoms with Crippen LogP contribution in [-0.4, -0.2) is 10.9 Å². The van der Waals surface area contributed by atoms with Crippen LogP contribution in [0.4, 0.5) is 5.69 Å². The largest absolute Gasteiger partial charge is 0.321 e. The fourth-order valence-corrected chi connectivity index (χ4v) is 2.73. The number of nitrogens with one attached hydrogen (secondary N) is 1. The van der Waals surface area contributed by atoms with Gasteiger partial charge in [0.2, 0.25) is 0 Å². The predicted octanol–water partition coefficient (Wildman–Crippen LogP) is 5.85. The van der Waals surface area contributed by atoms with Gasteiger partial charge >= 0.3 is 0 Å². The zero-order valence-corrected chi connectivity index (χ0v) is 15.7. The van der Waals surface area contributed by atoms with E-state index in [9.17, 15) is 4.79 Å². The average molecular weight is 344 g/mol. The van der Waals surface area contributed by atoms with Gasteiger partial charge in [-0.25, -0.2) is 0 Å². The summed E-state index contributed by atoms with van der Waals surface area (Å²) < 4.78 is 0. The third-order valence-corrected chi connectivity index (χ3v) is 4.12. The maximum absolute atomic E-state index is 12.6. The van der Waals surface area contributed by atoms with E-state index in [2.05, 4.69) is 43.2 Å². The molecule has 1 aromatic heterocycles. The fraction of sp³-hybridized carbons (Fsp3) is 0.217. The van der Waals surface area contributed by atoms with Gasteiger partial charge in [0.25, 0.3) is 5.91 Å². The molecule has 2 aromatic carbocycles. The van der Waals surface area contributed by atoms with E-state index in [-0.39, 0.29) is 11.3 Å². The highest BCUT2D eigenvalue weighted by atomic mass is 16.1. The number of fused-ring (bicyclic) bond motifs is 1. The Balaban J connectivity index is 1.79. The maximum Gasteiger partial charge on any atom is 0.255 e. The molecule has 0 fully saturated rings. The van der Waals surface area contributed by atoms with Gasteiger partial charge in [0.1, 0.15) is 0 Å². The van der Waals surface area contributed by atoms with Crippen molar-refractivity contribution in [3.05, 3.63) is 77.5 Å². The number of aromatic nitrogens is 1. The van der Waals surface area contributed by atoms with E-state index in [0.29, 0.717) is 11.3 Å². The number of rotatable bonds is 3. The Morgan fingerprint density at radius 2 is 1.85 bits per heavy atom. The van der Waals surface area contributed by atoms with Gasteiger partial charge in [0, 0.05) is 10.9 Å². The minimum absolute atomic E-state index is 0.120. The Morgan fingerprint density at radius 1 is 1.08 bits per heavy atom. The molecule has 0 aliphatic carbocycles. The number of carbonyl (C=O) groups excluding carboxylic acids is 1. The van der Waals surface area contributed by atoms with Crippen molar-refractivity contribution in [2.24, 2.45) is 5.41 Å². The SMILES string of the molecule is Cc1cc(/C=C/C(C)(C)C)ccc1C(=O)Nc1cnc2ccccc2c1. The van der Waals surface area contributed by atoms with Crippen molar-refractivity contribution in [3.63, 3.8) is 0 Å². The molecule has 0 aliphatic heterocycles. The second-order valence-corrected chi connectivity index (χ2v) is 7.64. The lowest BCUT2D eigenvalue weighted by molar-refractivity contribution is 0.102.